The Labute approximate surface area is 520 Å². The number of aliphatic hydroxyl groups excluding tert-OH is 2. The van der Waals surface area contributed by atoms with Crippen molar-refractivity contribution in [2.75, 3.05) is 13.2 Å². The lowest BCUT2D eigenvalue weighted by molar-refractivity contribution is -0.143. The van der Waals surface area contributed by atoms with Crippen molar-refractivity contribution < 1.29 is 24.5 Å². The smallest absolute Gasteiger partial charge is 0.305 e. The summed E-state index contributed by atoms with van der Waals surface area (Å²) in [5.41, 5.74) is 0. The normalized spacial score (nSPS) is 12.6. The van der Waals surface area contributed by atoms with E-state index in [1.807, 2.05) is 0 Å². The first-order chi connectivity index (χ1) is 41.0. The number of hydrogen-bond acceptors (Lipinski definition) is 5. The van der Waals surface area contributed by atoms with E-state index in [2.05, 4.69) is 43.5 Å². The summed E-state index contributed by atoms with van der Waals surface area (Å²) in [7, 11) is 0. The van der Waals surface area contributed by atoms with Gasteiger partial charge in [0.05, 0.1) is 25.4 Å². The molecule has 0 heterocycles. The van der Waals surface area contributed by atoms with Gasteiger partial charge in [-0.2, -0.15) is 0 Å². The number of aliphatic hydroxyl groups is 2. The quantitative estimate of drug-likeness (QED) is 0.0320. The zero-order chi connectivity index (χ0) is 59.9. The Kier molecular flexibility index (Phi) is 71.4. The second-order valence-electron chi connectivity index (χ2n) is 26.3. The first-order valence-corrected chi connectivity index (χ1v) is 38.1. The first-order valence-electron chi connectivity index (χ1n) is 38.1. The van der Waals surface area contributed by atoms with Crippen molar-refractivity contribution in [2.24, 2.45) is 0 Å². The number of esters is 1. The molecule has 0 aliphatic heterocycles. The average molecular weight is 1170 g/mol. The number of allylic oxidation sites excluding steroid dienone is 4. The van der Waals surface area contributed by atoms with Crippen LogP contribution in [0.15, 0.2) is 24.3 Å². The average Bonchev–Trinajstić information content (AvgIpc) is 3.49. The second-order valence-corrected chi connectivity index (χ2v) is 26.3. The summed E-state index contributed by atoms with van der Waals surface area (Å²) >= 11 is 0. The molecule has 0 aromatic carbocycles. The Balaban J connectivity index is 3.37. The van der Waals surface area contributed by atoms with E-state index in [0.717, 1.165) is 44.9 Å². The Morgan fingerprint density at radius 3 is 0.855 bits per heavy atom. The summed E-state index contributed by atoms with van der Waals surface area (Å²) in [5.74, 6) is -0.0196. The number of hydrogen-bond donors (Lipinski definition) is 3. The lowest BCUT2D eigenvalue weighted by Gasteiger charge is -2.22. The van der Waals surface area contributed by atoms with Gasteiger partial charge in [0, 0.05) is 12.8 Å². The van der Waals surface area contributed by atoms with Crippen LogP contribution in [0.4, 0.5) is 0 Å². The van der Waals surface area contributed by atoms with E-state index in [1.54, 1.807) is 0 Å². The minimum absolute atomic E-state index is 0.00953. The molecule has 6 heteroatoms. The van der Waals surface area contributed by atoms with Gasteiger partial charge in [-0.25, -0.2) is 0 Å². The SMILES string of the molecule is CCCCCCCC/C=C\CCCCCCCC(=O)OCCCCCCCCCCCCCC/C=C\CCCCCCCCCCCCCCCC(=O)NC(CO)C(O)CCCCCCCCCCCCCCCCCCCCCCCC. The summed E-state index contributed by atoms with van der Waals surface area (Å²) in [5, 5.41) is 23.5. The predicted octanol–water partition coefficient (Wildman–Crippen LogP) is 24.9. The first kappa shape index (κ1) is 81.3. The summed E-state index contributed by atoms with van der Waals surface area (Å²) in [6.45, 7) is 4.99. The van der Waals surface area contributed by atoms with Crippen molar-refractivity contribution in [3.8, 4) is 0 Å². The molecule has 492 valence electrons. The van der Waals surface area contributed by atoms with E-state index in [-0.39, 0.29) is 18.5 Å². The van der Waals surface area contributed by atoms with Crippen molar-refractivity contribution in [2.45, 2.75) is 443 Å². The fraction of sp³-hybridized carbons (Fsp3) is 0.922. The fourth-order valence-electron chi connectivity index (χ4n) is 12.2. The highest BCUT2D eigenvalue weighted by Crippen LogP contribution is 2.19. The van der Waals surface area contributed by atoms with Crippen LogP contribution in [0.5, 0.6) is 0 Å². The molecule has 0 fully saturated rings. The van der Waals surface area contributed by atoms with Crippen LogP contribution in [0, 0.1) is 0 Å². The molecule has 0 radical (unpaired) electrons. The van der Waals surface area contributed by atoms with Gasteiger partial charge in [0.15, 0.2) is 0 Å². The molecule has 0 rings (SSSR count). The zero-order valence-corrected chi connectivity index (χ0v) is 56.5. The maximum atomic E-state index is 12.6. The van der Waals surface area contributed by atoms with E-state index in [0.29, 0.717) is 25.9 Å². The van der Waals surface area contributed by atoms with Gasteiger partial charge >= 0.3 is 5.97 Å². The highest BCUT2D eigenvalue weighted by Gasteiger charge is 2.20. The molecule has 1 amide bonds. The molecular weight excluding hydrogens is 1020 g/mol. The molecule has 2 unspecified atom stereocenters. The fourth-order valence-corrected chi connectivity index (χ4v) is 12.2. The molecule has 0 saturated heterocycles. The molecule has 0 aliphatic carbocycles. The topological polar surface area (TPSA) is 95.9 Å². The molecule has 0 bridgehead atoms. The van der Waals surface area contributed by atoms with Crippen LogP contribution in [0.2, 0.25) is 0 Å². The monoisotopic (exact) mass is 1170 g/mol. The molecule has 6 nitrogen and oxygen atoms in total. The van der Waals surface area contributed by atoms with E-state index in [4.69, 9.17) is 4.74 Å². The highest BCUT2D eigenvalue weighted by atomic mass is 16.5. The van der Waals surface area contributed by atoms with E-state index in [1.165, 1.54) is 353 Å². The zero-order valence-electron chi connectivity index (χ0n) is 56.5. The van der Waals surface area contributed by atoms with E-state index >= 15 is 0 Å². The summed E-state index contributed by atoms with van der Waals surface area (Å²) in [6.07, 6.45) is 92.5. The van der Waals surface area contributed by atoms with Gasteiger partial charge in [0.1, 0.15) is 0 Å². The molecule has 83 heavy (non-hydrogen) atoms. The minimum Gasteiger partial charge on any atom is -0.466 e. The van der Waals surface area contributed by atoms with Gasteiger partial charge < -0.3 is 20.3 Å². The number of carbonyl (C=O) groups is 2. The van der Waals surface area contributed by atoms with Crippen LogP contribution < -0.4 is 5.32 Å². The number of amides is 1. The third-order valence-corrected chi connectivity index (χ3v) is 18.0. The van der Waals surface area contributed by atoms with Crippen molar-refractivity contribution in [1.82, 2.24) is 5.32 Å². The molecule has 0 aliphatic rings. The lowest BCUT2D eigenvalue weighted by Crippen LogP contribution is -2.45. The molecule has 0 spiro atoms. The summed E-state index contributed by atoms with van der Waals surface area (Å²) in [6, 6.07) is -0.542. The van der Waals surface area contributed by atoms with Crippen LogP contribution >= 0.6 is 0 Å². The molecule has 0 saturated carbocycles. The Morgan fingerprint density at radius 1 is 0.325 bits per heavy atom. The molecule has 3 N–H and O–H groups in total. The van der Waals surface area contributed by atoms with Crippen molar-refractivity contribution >= 4 is 11.9 Å². The number of nitrogens with one attached hydrogen (secondary N) is 1. The van der Waals surface area contributed by atoms with Crippen LogP contribution in [-0.2, 0) is 14.3 Å². The number of ether oxygens (including phenoxy) is 1. The van der Waals surface area contributed by atoms with Crippen molar-refractivity contribution in [3.05, 3.63) is 24.3 Å². The Bertz CT molecular complexity index is 1300. The van der Waals surface area contributed by atoms with E-state index < -0.39 is 12.1 Å². The van der Waals surface area contributed by atoms with Gasteiger partial charge in [-0.3, -0.25) is 9.59 Å². The highest BCUT2D eigenvalue weighted by molar-refractivity contribution is 5.76. The van der Waals surface area contributed by atoms with Crippen molar-refractivity contribution in [3.63, 3.8) is 0 Å². The predicted molar refractivity (Wildman–Crippen MR) is 366 cm³/mol. The maximum Gasteiger partial charge on any atom is 0.305 e. The van der Waals surface area contributed by atoms with Crippen LogP contribution in [-0.4, -0.2) is 47.4 Å². The Morgan fingerprint density at radius 2 is 0.566 bits per heavy atom. The maximum absolute atomic E-state index is 12.6. The summed E-state index contributed by atoms with van der Waals surface area (Å²) < 4.78 is 5.49. The van der Waals surface area contributed by atoms with Gasteiger partial charge in [-0.05, 0) is 77.0 Å². The largest absolute Gasteiger partial charge is 0.466 e. The third-order valence-electron chi connectivity index (χ3n) is 18.0. The molecule has 0 aromatic heterocycles. The van der Waals surface area contributed by atoms with E-state index in [9.17, 15) is 19.8 Å². The standard InChI is InChI=1S/C77H149NO5/c1-3-5-7-9-11-13-15-17-19-20-21-22-32-35-38-42-45-49-53-57-61-65-69-75(80)74(73-79)78-76(81)70-66-62-58-54-50-46-43-39-36-33-30-28-26-24-23-25-27-29-31-34-37-40-44-48-52-56-60-64-68-72-83-77(82)71-67-63-59-55-51-47-41-18-16-14-12-10-8-6-4-2/h18,23,25,41,74-75,79-80H,3-17,19-22,24,26-40,42-73H2,1-2H3,(H,78,81)/b25-23-,41-18-. The number of rotatable bonds is 72. The Hall–Kier alpha value is -1.66. The van der Waals surface area contributed by atoms with Crippen molar-refractivity contribution in [1.29, 1.82) is 0 Å². The number of carbonyl (C=O) groups excluding carboxylic acids is 2. The van der Waals surface area contributed by atoms with Gasteiger partial charge in [-0.1, -0.05) is 366 Å². The molecule has 0 aromatic rings. The van der Waals surface area contributed by atoms with Crippen LogP contribution in [0.1, 0.15) is 431 Å². The van der Waals surface area contributed by atoms with Gasteiger partial charge in [0.25, 0.3) is 0 Å². The molecular formula is C77H149NO5. The lowest BCUT2D eigenvalue weighted by atomic mass is 10.0. The van der Waals surface area contributed by atoms with Gasteiger partial charge in [0.2, 0.25) is 5.91 Å². The van der Waals surface area contributed by atoms with Crippen LogP contribution in [0.25, 0.3) is 0 Å². The molecule has 2 atom stereocenters. The number of unbranched alkanes of at least 4 members (excludes halogenated alkanes) is 57. The third kappa shape index (κ3) is 69.3. The van der Waals surface area contributed by atoms with Crippen LogP contribution in [0.3, 0.4) is 0 Å². The second kappa shape index (κ2) is 72.8. The summed E-state index contributed by atoms with van der Waals surface area (Å²) in [4.78, 5) is 24.6. The van der Waals surface area contributed by atoms with Gasteiger partial charge in [-0.15, -0.1) is 0 Å². The minimum atomic E-state index is -0.665.